The van der Waals surface area contributed by atoms with Crippen LogP contribution in [0.2, 0.25) is 0 Å². The number of phenolic OH excluding ortho intramolecular Hbond substituents is 2. The Morgan fingerprint density at radius 3 is 2.35 bits per heavy atom. The summed E-state index contributed by atoms with van der Waals surface area (Å²) < 4.78 is 5.66. The number of ether oxygens (including phenoxy) is 1. The molecule has 2 aromatic rings. The van der Waals surface area contributed by atoms with Gasteiger partial charge in [-0.25, -0.2) is 4.79 Å². The van der Waals surface area contributed by atoms with Gasteiger partial charge in [-0.3, -0.25) is 0 Å². The van der Waals surface area contributed by atoms with Gasteiger partial charge < -0.3 is 14.9 Å². The number of phenols is 2. The zero-order valence-corrected chi connectivity index (χ0v) is 13.2. The molecule has 0 aliphatic carbocycles. The molecule has 1 atom stereocenters. The van der Waals surface area contributed by atoms with Crippen molar-refractivity contribution < 1.29 is 19.7 Å². The topological polar surface area (TPSA) is 66.8 Å². The number of hydrogen-bond acceptors (Lipinski definition) is 4. The molecule has 0 aromatic heterocycles. The largest absolute Gasteiger partial charge is 0.508 e. The van der Waals surface area contributed by atoms with Gasteiger partial charge in [-0.05, 0) is 49.2 Å². The maximum absolute atomic E-state index is 12.0. The molecule has 0 amide bonds. The zero-order chi connectivity index (χ0) is 17.0. The van der Waals surface area contributed by atoms with Crippen molar-refractivity contribution in [1.29, 1.82) is 0 Å². The third kappa shape index (κ3) is 4.13. The molecule has 23 heavy (non-hydrogen) atoms. The first-order valence-corrected chi connectivity index (χ1v) is 7.26. The predicted molar refractivity (Wildman–Crippen MR) is 88.2 cm³/mol. The second-order valence-electron chi connectivity index (χ2n) is 5.79. The van der Waals surface area contributed by atoms with Crippen molar-refractivity contribution in [3.8, 4) is 11.5 Å². The molecule has 0 aliphatic heterocycles. The summed E-state index contributed by atoms with van der Waals surface area (Å²) in [6.45, 7) is 6.99. The van der Waals surface area contributed by atoms with Crippen molar-refractivity contribution in [3.63, 3.8) is 0 Å². The van der Waals surface area contributed by atoms with Crippen molar-refractivity contribution in [3.05, 3.63) is 71.8 Å². The number of carbonyl (C=O) groups is 1. The Kier molecular flexibility index (Phi) is 4.74. The lowest BCUT2D eigenvalue weighted by Crippen LogP contribution is -2.32. The molecule has 2 aromatic carbocycles. The van der Waals surface area contributed by atoms with Crippen LogP contribution in [0, 0.1) is 0 Å². The van der Waals surface area contributed by atoms with Gasteiger partial charge in [0.2, 0.25) is 0 Å². The summed E-state index contributed by atoms with van der Waals surface area (Å²) in [6, 6.07) is 13.3. The molecular formula is C19H20O4. The first-order valence-electron chi connectivity index (χ1n) is 7.26. The van der Waals surface area contributed by atoms with Crippen LogP contribution in [0.3, 0.4) is 0 Å². The van der Waals surface area contributed by atoms with Crippen molar-refractivity contribution in [1.82, 2.24) is 0 Å². The van der Waals surface area contributed by atoms with Gasteiger partial charge in [0, 0.05) is 12.0 Å². The molecule has 0 radical (unpaired) electrons. The molecule has 2 rings (SSSR count). The van der Waals surface area contributed by atoms with E-state index in [2.05, 4.69) is 6.58 Å². The number of esters is 1. The molecule has 4 nitrogen and oxygen atoms in total. The lowest BCUT2D eigenvalue weighted by atomic mass is 9.88. The smallest absolute Gasteiger partial charge is 0.333 e. The highest BCUT2D eigenvalue weighted by molar-refractivity contribution is 5.87. The Hall–Kier alpha value is -2.75. The Morgan fingerprint density at radius 1 is 1.13 bits per heavy atom. The summed E-state index contributed by atoms with van der Waals surface area (Å²) in [5, 5.41) is 19.1. The highest BCUT2D eigenvalue weighted by atomic mass is 16.6. The van der Waals surface area contributed by atoms with Gasteiger partial charge in [0.15, 0.2) is 0 Å². The Morgan fingerprint density at radius 2 is 1.78 bits per heavy atom. The van der Waals surface area contributed by atoms with Gasteiger partial charge in [0.05, 0.1) is 0 Å². The molecule has 0 heterocycles. The Bertz CT molecular complexity index is 718. The monoisotopic (exact) mass is 312 g/mol. The lowest BCUT2D eigenvalue weighted by Gasteiger charge is -2.30. The van der Waals surface area contributed by atoms with Crippen LogP contribution in [0.25, 0.3) is 0 Å². The van der Waals surface area contributed by atoms with Crippen LogP contribution in [0.5, 0.6) is 11.5 Å². The van der Waals surface area contributed by atoms with E-state index in [4.69, 9.17) is 4.74 Å². The Labute approximate surface area is 135 Å². The minimum Gasteiger partial charge on any atom is -0.508 e. The average molecular weight is 312 g/mol. The van der Waals surface area contributed by atoms with Gasteiger partial charge in [-0.15, -0.1) is 0 Å². The molecule has 120 valence electrons. The van der Waals surface area contributed by atoms with Crippen molar-refractivity contribution in [2.24, 2.45) is 0 Å². The molecule has 4 heteroatoms. The quantitative estimate of drug-likeness (QED) is 0.653. The minimum atomic E-state index is -0.967. The van der Waals surface area contributed by atoms with E-state index in [0.29, 0.717) is 17.6 Å². The van der Waals surface area contributed by atoms with Gasteiger partial charge in [-0.1, -0.05) is 30.8 Å². The van der Waals surface area contributed by atoms with Crippen LogP contribution < -0.4 is 0 Å². The second-order valence-corrected chi connectivity index (χ2v) is 5.79. The normalized spacial score (nSPS) is 13.1. The standard InChI is InChI=1S/C19H20O4/c1-13(2)18(22)23-19(3,15-5-4-6-17(21)11-15)12-14-7-9-16(20)10-8-14/h4-11,20-21H,1,12H2,2-3H3. The highest BCUT2D eigenvalue weighted by Gasteiger charge is 2.32. The zero-order valence-electron chi connectivity index (χ0n) is 13.2. The highest BCUT2D eigenvalue weighted by Crippen LogP contribution is 2.32. The average Bonchev–Trinajstić information content (AvgIpc) is 2.49. The number of carbonyl (C=O) groups excluding carboxylic acids is 1. The first kappa shape index (κ1) is 16.6. The molecule has 0 fully saturated rings. The van der Waals surface area contributed by atoms with E-state index < -0.39 is 11.6 Å². The summed E-state index contributed by atoms with van der Waals surface area (Å²) >= 11 is 0. The molecule has 0 saturated carbocycles. The van der Waals surface area contributed by atoms with Crippen LogP contribution >= 0.6 is 0 Å². The van der Waals surface area contributed by atoms with Gasteiger partial charge >= 0.3 is 5.97 Å². The summed E-state index contributed by atoms with van der Waals surface area (Å²) in [6.07, 6.45) is 0.399. The summed E-state index contributed by atoms with van der Waals surface area (Å²) in [7, 11) is 0. The van der Waals surface area contributed by atoms with Crippen LogP contribution in [0.4, 0.5) is 0 Å². The van der Waals surface area contributed by atoms with Crippen molar-refractivity contribution in [2.45, 2.75) is 25.9 Å². The summed E-state index contributed by atoms with van der Waals surface area (Å²) in [4.78, 5) is 12.0. The number of benzene rings is 2. The molecule has 0 bridgehead atoms. The third-order valence-corrected chi connectivity index (χ3v) is 3.60. The third-order valence-electron chi connectivity index (χ3n) is 3.60. The van der Waals surface area contributed by atoms with E-state index in [-0.39, 0.29) is 11.5 Å². The summed E-state index contributed by atoms with van der Waals surface area (Å²) in [5.41, 5.74) is 0.913. The predicted octanol–water partition coefficient (Wildman–Crippen LogP) is 3.68. The van der Waals surface area contributed by atoms with Gasteiger partial charge in [-0.2, -0.15) is 0 Å². The summed E-state index contributed by atoms with van der Waals surface area (Å²) in [5.74, 6) is -0.216. The van der Waals surface area contributed by atoms with Crippen LogP contribution in [0.15, 0.2) is 60.7 Å². The first-order chi connectivity index (χ1) is 10.8. The van der Waals surface area contributed by atoms with E-state index in [0.717, 1.165) is 5.56 Å². The minimum absolute atomic E-state index is 0.103. The SMILES string of the molecule is C=C(C)C(=O)OC(C)(Cc1ccc(O)cc1)c1cccc(O)c1. The molecule has 2 N–H and O–H groups in total. The van der Waals surface area contributed by atoms with Crippen LogP contribution in [0.1, 0.15) is 25.0 Å². The fraction of sp³-hybridized carbons (Fsp3) is 0.211. The molecule has 0 spiro atoms. The molecule has 0 aliphatic rings. The second kappa shape index (κ2) is 6.57. The van der Waals surface area contributed by atoms with E-state index in [1.807, 2.05) is 0 Å². The fourth-order valence-corrected chi connectivity index (χ4v) is 2.33. The van der Waals surface area contributed by atoms with Crippen LogP contribution in [-0.2, 0) is 21.6 Å². The van der Waals surface area contributed by atoms with Gasteiger partial charge in [0.25, 0.3) is 0 Å². The Balaban J connectivity index is 2.39. The number of rotatable bonds is 5. The van der Waals surface area contributed by atoms with Crippen molar-refractivity contribution >= 4 is 5.97 Å². The number of aromatic hydroxyl groups is 2. The fourth-order valence-electron chi connectivity index (χ4n) is 2.33. The van der Waals surface area contributed by atoms with E-state index in [1.54, 1.807) is 62.4 Å². The maximum atomic E-state index is 12.0. The molecular weight excluding hydrogens is 292 g/mol. The van der Waals surface area contributed by atoms with Gasteiger partial charge in [0.1, 0.15) is 17.1 Å². The molecule has 0 saturated heterocycles. The van der Waals surface area contributed by atoms with E-state index in [1.165, 1.54) is 0 Å². The number of hydrogen-bond donors (Lipinski definition) is 2. The van der Waals surface area contributed by atoms with E-state index >= 15 is 0 Å². The molecule has 1 unspecified atom stereocenters. The van der Waals surface area contributed by atoms with E-state index in [9.17, 15) is 15.0 Å². The lowest BCUT2D eigenvalue weighted by molar-refractivity contribution is -0.154. The maximum Gasteiger partial charge on any atom is 0.333 e. The van der Waals surface area contributed by atoms with Crippen LogP contribution in [-0.4, -0.2) is 16.2 Å². The van der Waals surface area contributed by atoms with Crippen molar-refractivity contribution in [2.75, 3.05) is 0 Å².